The van der Waals surface area contributed by atoms with Crippen molar-refractivity contribution in [2.24, 2.45) is 10.4 Å². The van der Waals surface area contributed by atoms with E-state index in [1.165, 1.54) is 57.9 Å². The normalized spacial score (nSPS) is 24.1. The molecule has 0 aromatic carbocycles. The molecule has 3 nitrogen and oxygen atoms in total. The van der Waals surface area contributed by atoms with Crippen molar-refractivity contribution in [3.05, 3.63) is 12.7 Å². The number of piperidine rings is 1. The van der Waals surface area contributed by atoms with Crippen LogP contribution in [0.5, 0.6) is 0 Å². The van der Waals surface area contributed by atoms with Crippen LogP contribution in [-0.2, 0) is 0 Å². The van der Waals surface area contributed by atoms with E-state index in [1.807, 2.05) is 13.1 Å². The molecule has 1 heterocycles. The fourth-order valence-electron chi connectivity index (χ4n) is 3.77. The lowest BCUT2D eigenvalue weighted by Gasteiger charge is -2.44. The van der Waals surface area contributed by atoms with E-state index in [0.29, 0.717) is 5.41 Å². The molecular weight excluding hydrogens is 234 g/mol. The first-order valence-corrected chi connectivity index (χ1v) is 7.86. The van der Waals surface area contributed by atoms with Gasteiger partial charge in [-0.15, -0.1) is 6.58 Å². The lowest BCUT2D eigenvalue weighted by Crippen LogP contribution is -2.50. The largest absolute Gasteiger partial charge is 0.353 e. The van der Waals surface area contributed by atoms with Gasteiger partial charge in [-0.25, -0.2) is 0 Å². The van der Waals surface area contributed by atoms with E-state index in [9.17, 15) is 0 Å². The van der Waals surface area contributed by atoms with Crippen molar-refractivity contribution < 1.29 is 0 Å². The Kier molecular flexibility index (Phi) is 5.29. The van der Waals surface area contributed by atoms with E-state index in [2.05, 4.69) is 21.8 Å². The number of rotatable bonds is 2. The molecule has 108 valence electrons. The van der Waals surface area contributed by atoms with Crippen molar-refractivity contribution in [1.29, 1.82) is 0 Å². The van der Waals surface area contributed by atoms with E-state index in [-0.39, 0.29) is 0 Å². The van der Waals surface area contributed by atoms with Crippen molar-refractivity contribution in [2.75, 3.05) is 26.7 Å². The Labute approximate surface area is 118 Å². The van der Waals surface area contributed by atoms with Gasteiger partial charge >= 0.3 is 0 Å². The zero-order chi connectivity index (χ0) is 13.6. The summed E-state index contributed by atoms with van der Waals surface area (Å²) in [5, 5.41) is 3.38. The van der Waals surface area contributed by atoms with Crippen molar-refractivity contribution in [2.45, 2.75) is 51.4 Å². The van der Waals surface area contributed by atoms with E-state index in [0.717, 1.165) is 19.0 Å². The Morgan fingerprint density at radius 1 is 1.21 bits per heavy atom. The monoisotopic (exact) mass is 263 g/mol. The molecule has 2 aliphatic rings. The number of guanidine groups is 1. The molecule has 0 radical (unpaired) electrons. The van der Waals surface area contributed by atoms with Crippen LogP contribution in [0.2, 0.25) is 0 Å². The van der Waals surface area contributed by atoms with Crippen LogP contribution in [0, 0.1) is 5.41 Å². The van der Waals surface area contributed by atoms with Crippen LogP contribution in [0.4, 0.5) is 0 Å². The summed E-state index contributed by atoms with van der Waals surface area (Å²) in [6, 6.07) is 0. The predicted octanol–water partition coefficient (Wildman–Crippen LogP) is 3.18. The predicted molar refractivity (Wildman–Crippen MR) is 82.5 cm³/mol. The maximum absolute atomic E-state index is 4.43. The molecule has 0 aromatic heterocycles. The minimum Gasteiger partial charge on any atom is -0.353 e. The SMILES string of the molecule is C=CCNC(=NC)N1CCCC2(CCCCCC2)C1. The van der Waals surface area contributed by atoms with E-state index in [4.69, 9.17) is 0 Å². The molecule has 1 N–H and O–H groups in total. The maximum Gasteiger partial charge on any atom is 0.193 e. The summed E-state index contributed by atoms with van der Waals surface area (Å²) in [6.07, 6.45) is 13.2. The fourth-order valence-corrected chi connectivity index (χ4v) is 3.77. The molecule has 0 amide bonds. The second-order valence-corrected chi connectivity index (χ2v) is 6.16. The average Bonchev–Trinajstić information content (AvgIpc) is 2.66. The van der Waals surface area contributed by atoms with E-state index in [1.54, 1.807) is 0 Å². The Morgan fingerprint density at radius 2 is 1.89 bits per heavy atom. The van der Waals surface area contributed by atoms with Crippen molar-refractivity contribution in [3.8, 4) is 0 Å². The summed E-state index contributed by atoms with van der Waals surface area (Å²) in [7, 11) is 1.89. The van der Waals surface area contributed by atoms with Crippen LogP contribution in [0.15, 0.2) is 17.6 Å². The van der Waals surface area contributed by atoms with Gasteiger partial charge in [0, 0.05) is 26.7 Å². The van der Waals surface area contributed by atoms with E-state index < -0.39 is 0 Å². The highest BCUT2D eigenvalue weighted by Gasteiger charge is 2.36. The minimum atomic E-state index is 0.570. The molecule has 1 aliphatic heterocycles. The Bertz CT molecular complexity index is 314. The van der Waals surface area contributed by atoms with Crippen molar-refractivity contribution in [3.63, 3.8) is 0 Å². The Hall–Kier alpha value is -0.990. The zero-order valence-electron chi connectivity index (χ0n) is 12.5. The lowest BCUT2D eigenvalue weighted by molar-refractivity contribution is 0.115. The van der Waals surface area contributed by atoms with Gasteiger partial charge in [0.2, 0.25) is 0 Å². The molecule has 0 atom stereocenters. The van der Waals surface area contributed by atoms with Gasteiger partial charge in [-0.05, 0) is 31.1 Å². The third-order valence-corrected chi connectivity index (χ3v) is 4.74. The summed E-state index contributed by atoms with van der Waals surface area (Å²) in [4.78, 5) is 6.90. The van der Waals surface area contributed by atoms with Gasteiger partial charge < -0.3 is 10.2 Å². The molecule has 19 heavy (non-hydrogen) atoms. The molecule has 0 bridgehead atoms. The summed E-state index contributed by atoms with van der Waals surface area (Å²) >= 11 is 0. The topological polar surface area (TPSA) is 27.6 Å². The first-order chi connectivity index (χ1) is 9.29. The first-order valence-electron chi connectivity index (χ1n) is 7.86. The molecule has 0 aromatic rings. The molecule has 2 fully saturated rings. The Balaban J connectivity index is 2.00. The molecule has 3 heteroatoms. The van der Waals surface area contributed by atoms with E-state index >= 15 is 0 Å². The lowest BCUT2D eigenvalue weighted by atomic mass is 9.74. The highest BCUT2D eigenvalue weighted by molar-refractivity contribution is 5.80. The first kappa shape index (κ1) is 14.4. The summed E-state index contributed by atoms with van der Waals surface area (Å²) < 4.78 is 0. The fraction of sp³-hybridized carbons (Fsp3) is 0.812. The van der Waals surface area contributed by atoms with Crippen LogP contribution in [0.25, 0.3) is 0 Å². The number of nitrogens with one attached hydrogen (secondary N) is 1. The van der Waals surface area contributed by atoms with Crippen molar-refractivity contribution in [1.82, 2.24) is 10.2 Å². The molecule has 2 rings (SSSR count). The third-order valence-electron chi connectivity index (χ3n) is 4.74. The summed E-state index contributed by atoms with van der Waals surface area (Å²) in [5.41, 5.74) is 0.570. The van der Waals surface area contributed by atoms with Crippen LogP contribution < -0.4 is 5.32 Å². The van der Waals surface area contributed by atoms with Gasteiger partial charge in [0.15, 0.2) is 5.96 Å². The molecule has 1 aliphatic carbocycles. The molecule has 1 saturated carbocycles. The van der Waals surface area contributed by atoms with Crippen LogP contribution in [-0.4, -0.2) is 37.5 Å². The second-order valence-electron chi connectivity index (χ2n) is 6.16. The zero-order valence-corrected chi connectivity index (χ0v) is 12.5. The van der Waals surface area contributed by atoms with Gasteiger partial charge in [-0.3, -0.25) is 4.99 Å². The molecule has 1 saturated heterocycles. The third kappa shape index (κ3) is 3.74. The highest BCUT2D eigenvalue weighted by atomic mass is 15.3. The average molecular weight is 263 g/mol. The summed E-state index contributed by atoms with van der Waals surface area (Å²) in [5.74, 6) is 1.06. The summed E-state index contributed by atoms with van der Waals surface area (Å²) in [6.45, 7) is 6.92. The molecule has 1 spiro atoms. The van der Waals surface area contributed by atoms with Gasteiger partial charge in [0.25, 0.3) is 0 Å². The highest BCUT2D eigenvalue weighted by Crippen LogP contribution is 2.42. The molecule has 0 unspecified atom stereocenters. The van der Waals surface area contributed by atoms with Gasteiger partial charge in [0.1, 0.15) is 0 Å². The number of likely N-dealkylation sites (tertiary alicyclic amines) is 1. The quantitative estimate of drug-likeness (QED) is 0.471. The maximum atomic E-state index is 4.43. The Morgan fingerprint density at radius 3 is 2.53 bits per heavy atom. The minimum absolute atomic E-state index is 0.570. The van der Waals surface area contributed by atoms with Gasteiger partial charge in [0.05, 0.1) is 0 Å². The van der Waals surface area contributed by atoms with Crippen LogP contribution in [0.3, 0.4) is 0 Å². The van der Waals surface area contributed by atoms with Gasteiger partial charge in [-0.1, -0.05) is 31.8 Å². The number of hydrogen-bond donors (Lipinski definition) is 1. The van der Waals surface area contributed by atoms with Gasteiger partial charge in [-0.2, -0.15) is 0 Å². The second kappa shape index (κ2) is 6.97. The number of aliphatic imine (C=N–C) groups is 1. The number of hydrogen-bond acceptors (Lipinski definition) is 1. The molecular formula is C16H29N3. The van der Waals surface area contributed by atoms with Crippen molar-refractivity contribution >= 4 is 5.96 Å². The van der Waals surface area contributed by atoms with Crippen LogP contribution in [0.1, 0.15) is 51.4 Å². The standard InChI is InChI=1S/C16H29N3/c1-3-12-18-15(17-2)19-13-8-11-16(14-19)9-6-4-5-7-10-16/h3H,1,4-14H2,2H3,(H,17,18). The van der Waals surface area contributed by atoms with Crippen LogP contribution >= 0.6 is 0 Å². The smallest absolute Gasteiger partial charge is 0.193 e. The number of nitrogens with zero attached hydrogens (tertiary/aromatic N) is 2.